The quantitative estimate of drug-likeness (QED) is 0.700. The third-order valence-electron chi connectivity index (χ3n) is 2.69. The van der Waals surface area contributed by atoms with Crippen LogP contribution in [0.25, 0.3) is 0 Å². The van der Waals surface area contributed by atoms with Crippen LogP contribution in [0.2, 0.25) is 0 Å². The second kappa shape index (κ2) is 8.14. The molecule has 0 radical (unpaired) electrons. The molecule has 0 saturated carbocycles. The molecule has 0 bridgehead atoms. The molecule has 0 aromatic heterocycles. The van der Waals surface area contributed by atoms with Gasteiger partial charge in [0.25, 0.3) is 0 Å². The van der Waals surface area contributed by atoms with Crippen molar-refractivity contribution in [2.24, 2.45) is 0 Å². The molecule has 6 heteroatoms. The monoisotopic (exact) mass is 281 g/mol. The Balaban J connectivity index is 2.32. The highest BCUT2D eigenvalue weighted by atomic mass is 19.1. The van der Waals surface area contributed by atoms with Gasteiger partial charge < -0.3 is 10.6 Å². The van der Waals surface area contributed by atoms with Gasteiger partial charge in [-0.05, 0) is 31.0 Å². The van der Waals surface area contributed by atoms with Gasteiger partial charge in [-0.3, -0.25) is 10.1 Å². The van der Waals surface area contributed by atoms with E-state index in [0.717, 1.165) is 12.8 Å². The molecule has 1 rings (SSSR count). The molecule has 0 heterocycles. The Morgan fingerprint density at radius 2 is 2.05 bits per heavy atom. The van der Waals surface area contributed by atoms with Crippen LogP contribution in [0.1, 0.15) is 25.3 Å². The van der Waals surface area contributed by atoms with Crippen LogP contribution in [0.4, 0.5) is 14.9 Å². The number of carbonyl (C=O) groups excluding carboxylic acids is 2. The number of hydrogen-bond donors (Lipinski definition) is 3. The van der Waals surface area contributed by atoms with Crippen LogP contribution in [0.3, 0.4) is 0 Å². The predicted octanol–water partition coefficient (Wildman–Crippen LogP) is 2.17. The highest BCUT2D eigenvalue weighted by Crippen LogP contribution is 2.12. The molecule has 0 unspecified atom stereocenters. The third kappa shape index (κ3) is 5.69. The fourth-order valence-electron chi connectivity index (χ4n) is 1.48. The second-order valence-corrected chi connectivity index (χ2v) is 4.48. The van der Waals surface area contributed by atoms with Crippen molar-refractivity contribution >= 4 is 17.6 Å². The van der Waals surface area contributed by atoms with E-state index >= 15 is 0 Å². The van der Waals surface area contributed by atoms with E-state index in [1.807, 2.05) is 6.92 Å². The van der Waals surface area contributed by atoms with E-state index in [4.69, 9.17) is 0 Å². The predicted molar refractivity (Wildman–Crippen MR) is 76.1 cm³/mol. The number of benzene rings is 1. The van der Waals surface area contributed by atoms with E-state index in [-0.39, 0.29) is 12.4 Å². The topological polar surface area (TPSA) is 70.2 Å². The number of urea groups is 1. The van der Waals surface area contributed by atoms with Gasteiger partial charge in [0.1, 0.15) is 5.82 Å². The lowest BCUT2D eigenvalue weighted by Gasteiger charge is -2.08. The Bertz CT molecular complexity index is 477. The Morgan fingerprint density at radius 3 is 2.70 bits per heavy atom. The molecule has 5 nitrogen and oxygen atoms in total. The van der Waals surface area contributed by atoms with Crippen molar-refractivity contribution in [3.63, 3.8) is 0 Å². The number of nitrogens with one attached hydrogen (secondary N) is 3. The summed E-state index contributed by atoms with van der Waals surface area (Å²) in [7, 11) is 0. The van der Waals surface area contributed by atoms with E-state index in [1.165, 1.54) is 6.07 Å². The number of anilines is 1. The molecule has 1 aromatic rings. The van der Waals surface area contributed by atoms with Crippen molar-refractivity contribution in [3.05, 3.63) is 29.6 Å². The lowest BCUT2D eigenvalue weighted by atomic mass is 10.2. The molecule has 3 amide bonds. The summed E-state index contributed by atoms with van der Waals surface area (Å²) < 4.78 is 13.3. The first-order valence-electron chi connectivity index (χ1n) is 6.60. The number of imide groups is 1. The number of amides is 3. The number of rotatable bonds is 6. The zero-order valence-electron chi connectivity index (χ0n) is 11.8. The van der Waals surface area contributed by atoms with Crippen LogP contribution in [-0.2, 0) is 4.79 Å². The summed E-state index contributed by atoms with van der Waals surface area (Å²) in [6, 6.07) is 4.09. The molecular formula is C14H20FN3O2. The maximum atomic E-state index is 13.3. The summed E-state index contributed by atoms with van der Waals surface area (Å²) in [5, 5.41) is 7.51. The van der Waals surface area contributed by atoms with E-state index in [1.54, 1.807) is 19.1 Å². The van der Waals surface area contributed by atoms with Gasteiger partial charge in [0.05, 0.1) is 6.54 Å². The van der Waals surface area contributed by atoms with E-state index < -0.39 is 11.9 Å². The summed E-state index contributed by atoms with van der Waals surface area (Å²) in [6.07, 6.45) is 1.83. The molecule has 0 atom stereocenters. The molecule has 0 fully saturated rings. The van der Waals surface area contributed by atoms with Crippen molar-refractivity contribution in [1.29, 1.82) is 0 Å². The van der Waals surface area contributed by atoms with Gasteiger partial charge in [-0.1, -0.05) is 19.4 Å². The zero-order chi connectivity index (χ0) is 15.0. The summed E-state index contributed by atoms with van der Waals surface area (Å²) in [5.41, 5.74) is 1.03. The summed E-state index contributed by atoms with van der Waals surface area (Å²) in [6.45, 7) is 4.11. The molecule has 110 valence electrons. The molecular weight excluding hydrogens is 261 g/mol. The van der Waals surface area contributed by atoms with Crippen LogP contribution in [0.5, 0.6) is 0 Å². The summed E-state index contributed by atoms with van der Waals surface area (Å²) >= 11 is 0. The van der Waals surface area contributed by atoms with Gasteiger partial charge in [-0.25, -0.2) is 9.18 Å². The van der Waals surface area contributed by atoms with Gasteiger partial charge in [-0.15, -0.1) is 0 Å². The van der Waals surface area contributed by atoms with Gasteiger partial charge in [0, 0.05) is 12.2 Å². The van der Waals surface area contributed by atoms with Gasteiger partial charge >= 0.3 is 6.03 Å². The normalized spacial score (nSPS) is 9.95. The first kappa shape index (κ1) is 15.9. The van der Waals surface area contributed by atoms with E-state index in [2.05, 4.69) is 16.0 Å². The van der Waals surface area contributed by atoms with Crippen LogP contribution in [0, 0.1) is 12.7 Å². The minimum atomic E-state index is -0.514. The first-order chi connectivity index (χ1) is 9.52. The zero-order valence-corrected chi connectivity index (χ0v) is 11.8. The molecule has 0 aliphatic heterocycles. The average molecular weight is 281 g/mol. The number of hydrogen-bond acceptors (Lipinski definition) is 3. The van der Waals surface area contributed by atoms with Crippen molar-refractivity contribution in [3.8, 4) is 0 Å². The Labute approximate surface area is 117 Å². The molecule has 20 heavy (non-hydrogen) atoms. The summed E-state index contributed by atoms with van der Waals surface area (Å²) in [4.78, 5) is 22.8. The van der Waals surface area contributed by atoms with Gasteiger partial charge in [0.15, 0.2) is 0 Å². The smallest absolute Gasteiger partial charge is 0.321 e. The number of aryl methyl sites for hydroxylation is 1. The summed E-state index contributed by atoms with van der Waals surface area (Å²) in [5.74, 6) is -0.812. The lowest BCUT2D eigenvalue weighted by molar-refractivity contribution is -0.118. The maximum absolute atomic E-state index is 13.3. The Hall–Kier alpha value is -2.11. The maximum Gasteiger partial charge on any atom is 0.321 e. The Kier molecular flexibility index (Phi) is 6.49. The van der Waals surface area contributed by atoms with Crippen LogP contribution in [0.15, 0.2) is 18.2 Å². The van der Waals surface area contributed by atoms with Crippen LogP contribution in [-0.4, -0.2) is 25.0 Å². The molecule has 0 aliphatic carbocycles. The number of carbonyl (C=O) groups is 2. The minimum absolute atomic E-state index is 0.0936. The van der Waals surface area contributed by atoms with Crippen LogP contribution < -0.4 is 16.0 Å². The number of halogens is 1. The SMILES string of the molecule is CCCCNC(=O)NC(=O)CNc1ccc(C)c(F)c1. The average Bonchev–Trinajstić information content (AvgIpc) is 2.40. The highest BCUT2D eigenvalue weighted by Gasteiger charge is 2.07. The highest BCUT2D eigenvalue weighted by molar-refractivity contribution is 5.96. The van der Waals surface area contributed by atoms with E-state index in [0.29, 0.717) is 17.8 Å². The third-order valence-corrected chi connectivity index (χ3v) is 2.69. The van der Waals surface area contributed by atoms with E-state index in [9.17, 15) is 14.0 Å². The second-order valence-electron chi connectivity index (χ2n) is 4.48. The molecule has 0 aliphatic rings. The fraction of sp³-hybridized carbons (Fsp3) is 0.429. The van der Waals surface area contributed by atoms with Crippen molar-refractivity contribution < 1.29 is 14.0 Å². The molecule has 1 aromatic carbocycles. The number of unbranched alkanes of at least 4 members (excludes halogenated alkanes) is 1. The molecule has 0 spiro atoms. The molecule has 3 N–H and O–H groups in total. The fourth-order valence-corrected chi connectivity index (χ4v) is 1.48. The minimum Gasteiger partial charge on any atom is -0.376 e. The lowest BCUT2D eigenvalue weighted by Crippen LogP contribution is -2.42. The van der Waals surface area contributed by atoms with Gasteiger partial charge in [-0.2, -0.15) is 0 Å². The standard InChI is InChI=1S/C14H20FN3O2/c1-3-4-7-16-14(20)18-13(19)9-17-11-6-5-10(2)12(15)8-11/h5-6,8,17H,3-4,7,9H2,1-2H3,(H2,16,18,19,20). The van der Waals surface area contributed by atoms with Crippen LogP contribution >= 0.6 is 0 Å². The van der Waals surface area contributed by atoms with Gasteiger partial charge in [0.2, 0.25) is 5.91 Å². The van der Waals surface area contributed by atoms with Crippen molar-refractivity contribution in [1.82, 2.24) is 10.6 Å². The first-order valence-corrected chi connectivity index (χ1v) is 6.60. The largest absolute Gasteiger partial charge is 0.376 e. The van der Waals surface area contributed by atoms with Crippen molar-refractivity contribution in [2.75, 3.05) is 18.4 Å². The Morgan fingerprint density at radius 1 is 1.30 bits per heavy atom. The molecule has 0 saturated heterocycles. The van der Waals surface area contributed by atoms with Crippen molar-refractivity contribution in [2.45, 2.75) is 26.7 Å².